The van der Waals surface area contributed by atoms with Gasteiger partial charge < -0.3 is 4.98 Å². The Labute approximate surface area is 142 Å². The van der Waals surface area contributed by atoms with Crippen molar-refractivity contribution in [3.05, 3.63) is 48.2 Å². The van der Waals surface area contributed by atoms with Gasteiger partial charge in [0.15, 0.2) is 0 Å². The Hall–Kier alpha value is -1.72. The molecule has 0 spiro atoms. The average Bonchev–Trinajstić information content (AvgIpc) is 2.96. The zero-order valence-electron chi connectivity index (χ0n) is 15.3. The van der Waals surface area contributed by atoms with Crippen molar-refractivity contribution in [2.45, 2.75) is 58.2 Å². The monoisotopic (exact) mass is 323 g/mol. The summed E-state index contributed by atoms with van der Waals surface area (Å²) >= 11 is 0. The fraction of sp³-hybridized carbons (Fsp3) is 0.429. The van der Waals surface area contributed by atoms with E-state index in [1.807, 2.05) is 6.07 Å². The van der Waals surface area contributed by atoms with Crippen molar-refractivity contribution in [1.82, 2.24) is 4.98 Å². The van der Waals surface area contributed by atoms with E-state index in [-0.39, 0.29) is 0 Å². The van der Waals surface area contributed by atoms with Gasteiger partial charge >= 0.3 is 0 Å². The van der Waals surface area contributed by atoms with Crippen LogP contribution in [0.5, 0.6) is 0 Å². The van der Waals surface area contributed by atoms with Gasteiger partial charge in [-0.1, -0.05) is 77.8 Å². The molecule has 0 aliphatic rings. The van der Waals surface area contributed by atoms with Crippen LogP contribution >= 0.6 is 0 Å². The summed E-state index contributed by atoms with van der Waals surface area (Å²) in [6.07, 6.45) is 0. The van der Waals surface area contributed by atoms with Gasteiger partial charge in [-0.3, -0.25) is 0 Å². The lowest BCUT2D eigenvalue weighted by molar-refractivity contribution is 0.838. The van der Waals surface area contributed by atoms with Crippen molar-refractivity contribution in [2.75, 3.05) is 0 Å². The lowest BCUT2D eigenvalue weighted by atomic mass is 10.2. The fourth-order valence-corrected chi connectivity index (χ4v) is 9.08. The van der Waals surface area contributed by atoms with Crippen LogP contribution in [0.4, 0.5) is 0 Å². The minimum atomic E-state index is -1.66. The van der Waals surface area contributed by atoms with Gasteiger partial charge in [-0.15, -0.1) is 5.54 Å². The Morgan fingerprint density at radius 2 is 1.35 bits per heavy atom. The van der Waals surface area contributed by atoms with E-state index in [9.17, 15) is 0 Å². The molecular weight excluding hydrogens is 294 g/mol. The summed E-state index contributed by atoms with van der Waals surface area (Å²) in [5, 5.41) is 0. The largest absolute Gasteiger partial charge is 0.348 e. The number of hydrogen-bond acceptors (Lipinski definition) is 0. The van der Waals surface area contributed by atoms with Gasteiger partial charge in [0.1, 0.15) is 8.07 Å². The molecule has 0 saturated heterocycles. The quantitative estimate of drug-likeness (QED) is 0.505. The Morgan fingerprint density at radius 3 is 1.87 bits per heavy atom. The van der Waals surface area contributed by atoms with Gasteiger partial charge in [-0.2, -0.15) is 0 Å². The van der Waals surface area contributed by atoms with E-state index in [1.165, 1.54) is 5.56 Å². The van der Waals surface area contributed by atoms with Crippen molar-refractivity contribution in [3.63, 3.8) is 0 Å². The maximum Gasteiger partial charge on any atom is 0.146 e. The van der Waals surface area contributed by atoms with Gasteiger partial charge in [0.2, 0.25) is 0 Å². The molecule has 0 amide bonds. The van der Waals surface area contributed by atoms with Crippen molar-refractivity contribution in [2.24, 2.45) is 0 Å². The van der Waals surface area contributed by atoms with Gasteiger partial charge in [0.25, 0.3) is 0 Å². The number of aromatic nitrogens is 1. The van der Waals surface area contributed by atoms with Crippen LogP contribution in [0.15, 0.2) is 42.5 Å². The summed E-state index contributed by atoms with van der Waals surface area (Å²) in [5.74, 6) is 3.48. The molecular formula is C21H29NSi. The predicted molar refractivity (Wildman–Crippen MR) is 104 cm³/mol. The SMILES string of the molecule is CC(C)[Si](C#Cc1ccc(-c2ccccc2)[nH]1)(C(C)C)C(C)C. The lowest BCUT2D eigenvalue weighted by Crippen LogP contribution is -2.43. The molecule has 1 N–H and O–H groups in total. The van der Waals surface area contributed by atoms with Crippen LogP contribution in [0.3, 0.4) is 0 Å². The number of aromatic amines is 1. The van der Waals surface area contributed by atoms with E-state index in [1.54, 1.807) is 0 Å². The zero-order valence-corrected chi connectivity index (χ0v) is 16.3. The molecule has 0 aliphatic heterocycles. The van der Waals surface area contributed by atoms with Crippen molar-refractivity contribution in [3.8, 4) is 22.7 Å². The van der Waals surface area contributed by atoms with Crippen LogP contribution < -0.4 is 0 Å². The van der Waals surface area contributed by atoms with E-state index in [2.05, 4.69) is 94.4 Å². The third-order valence-corrected chi connectivity index (χ3v) is 11.3. The minimum absolute atomic E-state index is 0.665. The molecule has 0 unspecified atom stereocenters. The molecule has 1 aromatic heterocycles. The standard InChI is InChI=1S/C21H29NSi/c1-16(2)23(17(3)4,18(5)6)15-14-20-12-13-21(22-20)19-10-8-7-9-11-19/h7-13,16-18,22H,1-6H3. The van der Waals surface area contributed by atoms with Crippen LogP contribution in [0.2, 0.25) is 16.6 Å². The molecule has 2 heteroatoms. The second-order valence-corrected chi connectivity index (χ2v) is 12.9. The van der Waals surface area contributed by atoms with Gasteiger partial charge in [-0.05, 0) is 34.3 Å². The van der Waals surface area contributed by atoms with E-state index in [0.717, 1.165) is 11.4 Å². The summed E-state index contributed by atoms with van der Waals surface area (Å²) in [4.78, 5) is 3.47. The maximum atomic E-state index is 3.77. The second-order valence-electron chi connectivity index (χ2n) is 7.30. The van der Waals surface area contributed by atoms with E-state index < -0.39 is 8.07 Å². The summed E-state index contributed by atoms with van der Waals surface area (Å²) in [6, 6.07) is 14.7. The molecule has 1 aromatic carbocycles. The van der Waals surface area contributed by atoms with Gasteiger partial charge in [-0.25, -0.2) is 0 Å². The Bertz CT molecular complexity index is 662. The Morgan fingerprint density at radius 1 is 0.783 bits per heavy atom. The van der Waals surface area contributed by atoms with Gasteiger partial charge in [0, 0.05) is 5.69 Å². The minimum Gasteiger partial charge on any atom is -0.348 e. The smallest absolute Gasteiger partial charge is 0.146 e. The summed E-state index contributed by atoms with van der Waals surface area (Å²) < 4.78 is 0. The average molecular weight is 324 g/mol. The van der Waals surface area contributed by atoms with Crippen LogP contribution in [0, 0.1) is 11.5 Å². The first-order valence-electron chi connectivity index (χ1n) is 8.65. The molecule has 0 saturated carbocycles. The molecule has 1 heterocycles. The number of nitrogens with one attached hydrogen (secondary N) is 1. The first kappa shape index (κ1) is 17.6. The van der Waals surface area contributed by atoms with Crippen LogP contribution in [0.25, 0.3) is 11.3 Å². The highest BCUT2D eigenvalue weighted by Crippen LogP contribution is 2.40. The number of benzene rings is 1. The summed E-state index contributed by atoms with van der Waals surface area (Å²) in [7, 11) is -1.66. The summed E-state index contributed by atoms with van der Waals surface area (Å²) in [5.41, 5.74) is 9.15. The fourth-order valence-electron chi connectivity index (χ4n) is 3.86. The highest BCUT2D eigenvalue weighted by atomic mass is 28.3. The molecule has 0 radical (unpaired) electrons. The molecule has 122 valence electrons. The molecule has 2 aromatic rings. The highest BCUT2D eigenvalue weighted by Gasteiger charge is 2.41. The topological polar surface area (TPSA) is 15.8 Å². The lowest BCUT2D eigenvalue weighted by Gasteiger charge is -2.38. The van der Waals surface area contributed by atoms with Crippen LogP contribution in [-0.2, 0) is 0 Å². The zero-order chi connectivity index (χ0) is 17.0. The van der Waals surface area contributed by atoms with Crippen molar-refractivity contribution in [1.29, 1.82) is 0 Å². The Balaban J connectivity index is 2.35. The van der Waals surface area contributed by atoms with E-state index in [0.29, 0.717) is 16.6 Å². The first-order valence-corrected chi connectivity index (χ1v) is 10.9. The molecule has 1 nitrogen and oxygen atoms in total. The number of hydrogen-bond donors (Lipinski definition) is 1. The maximum absolute atomic E-state index is 3.77. The highest BCUT2D eigenvalue weighted by molar-refractivity contribution is 6.90. The molecule has 0 bridgehead atoms. The normalized spacial score (nSPS) is 11.9. The molecule has 0 fully saturated rings. The second kappa shape index (κ2) is 7.23. The van der Waals surface area contributed by atoms with Crippen molar-refractivity contribution >= 4 is 8.07 Å². The van der Waals surface area contributed by atoms with Crippen LogP contribution in [0.1, 0.15) is 47.2 Å². The molecule has 0 atom stereocenters. The van der Waals surface area contributed by atoms with Crippen LogP contribution in [-0.4, -0.2) is 13.1 Å². The van der Waals surface area contributed by atoms with Gasteiger partial charge in [0.05, 0.1) is 5.69 Å². The number of rotatable bonds is 4. The van der Waals surface area contributed by atoms with E-state index >= 15 is 0 Å². The first-order chi connectivity index (χ1) is 10.9. The van der Waals surface area contributed by atoms with E-state index in [4.69, 9.17) is 0 Å². The third-order valence-electron chi connectivity index (χ3n) is 5.05. The molecule has 2 rings (SSSR count). The molecule has 23 heavy (non-hydrogen) atoms. The Kier molecular flexibility index (Phi) is 5.54. The number of H-pyrrole nitrogens is 1. The third kappa shape index (κ3) is 3.62. The summed E-state index contributed by atoms with van der Waals surface area (Å²) in [6.45, 7) is 14.1. The molecule has 0 aliphatic carbocycles. The van der Waals surface area contributed by atoms with Crippen molar-refractivity contribution < 1.29 is 0 Å². The predicted octanol–water partition coefficient (Wildman–Crippen LogP) is 6.25.